The number of amides is 1. The number of likely N-dealkylation sites (tertiary alicyclic amines) is 1. The van der Waals surface area contributed by atoms with Crippen LogP contribution < -0.4 is 5.43 Å². The summed E-state index contributed by atoms with van der Waals surface area (Å²) in [6.07, 6.45) is 9.75. The van der Waals surface area contributed by atoms with Crippen LogP contribution in [0.15, 0.2) is 23.1 Å². The third kappa shape index (κ3) is 4.18. The van der Waals surface area contributed by atoms with E-state index in [9.17, 15) is 4.79 Å². The van der Waals surface area contributed by atoms with E-state index in [1.807, 2.05) is 6.08 Å². The molecule has 0 saturated carbocycles. The number of carbonyl (C=O) groups is 1. The van der Waals surface area contributed by atoms with Crippen LogP contribution in [0, 0.1) is 6.92 Å². The van der Waals surface area contributed by atoms with E-state index in [2.05, 4.69) is 56.4 Å². The number of aryl methyl sites for hydroxylation is 1. The fraction of sp³-hybridized carbons (Fsp3) is 0.500. The fourth-order valence-electron chi connectivity index (χ4n) is 4.43. The Kier molecular flexibility index (Phi) is 6.03. The van der Waals surface area contributed by atoms with Gasteiger partial charge in [-0.25, -0.2) is 10.4 Å². The summed E-state index contributed by atoms with van der Waals surface area (Å²) in [6, 6.07) is 0. The number of hydrazone groups is 1. The molecule has 30 heavy (non-hydrogen) atoms. The predicted molar refractivity (Wildman–Crippen MR) is 116 cm³/mol. The third-order valence-electron chi connectivity index (χ3n) is 5.82. The Labute approximate surface area is 176 Å². The standard InChI is InChI=1S/C22H29N7O/c1-14(2)19-16(7-6-12-29-10-4-5-11-29)15(3)25-18(19)13-17-20(26-28-22(17)30)21-23-8-9-24-27-21/h8-9,13-14,25H,4-7,10-12H2,1-3H3,(H,28,30)/b17-13+. The van der Waals surface area contributed by atoms with Crippen molar-refractivity contribution in [2.75, 3.05) is 19.6 Å². The average Bonchev–Trinajstić information content (AvgIpc) is 3.44. The van der Waals surface area contributed by atoms with Gasteiger partial charge in [-0.1, -0.05) is 13.8 Å². The Morgan fingerprint density at radius 3 is 2.73 bits per heavy atom. The Balaban J connectivity index is 1.61. The lowest BCUT2D eigenvalue weighted by Crippen LogP contribution is -2.20. The van der Waals surface area contributed by atoms with Crippen LogP contribution in [0.25, 0.3) is 6.08 Å². The molecule has 4 rings (SSSR count). The monoisotopic (exact) mass is 407 g/mol. The molecule has 1 amide bonds. The average molecular weight is 408 g/mol. The van der Waals surface area contributed by atoms with Crippen LogP contribution in [0.4, 0.5) is 0 Å². The van der Waals surface area contributed by atoms with E-state index in [0.717, 1.165) is 25.1 Å². The van der Waals surface area contributed by atoms with E-state index in [4.69, 9.17) is 0 Å². The molecule has 0 radical (unpaired) electrons. The Hall–Kier alpha value is -2.87. The summed E-state index contributed by atoms with van der Waals surface area (Å²) in [4.78, 5) is 22.7. The van der Waals surface area contributed by atoms with E-state index < -0.39 is 0 Å². The molecule has 2 aromatic heterocycles. The molecule has 158 valence electrons. The van der Waals surface area contributed by atoms with Crippen LogP contribution in [0.1, 0.15) is 67.4 Å². The first-order valence-corrected chi connectivity index (χ1v) is 10.7. The lowest BCUT2D eigenvalue weighted by Gasteiger charge is -2.15. The van der Waals surface area contributed by atoms with Gasteiger partial charge in [0.25, 0.3) is 5.91 Å². The highest BCUT2D eigenvalue weighted by atomic mass is 16.2. The van der Waals surface area contributed by atoms with E-state index in [1.165, 1.54) is 48.9 Å². The molecule has 0 bridgehead atoms. The maximum Gasteiger partial charge on any atom is 0.273 e. The molecule has 2 aromatic rings. The van der Waals surface area contributed by atoms with Crippen molar-refractivity contribution >= 4 is 17.7 Å². The molecule has 1 saturated heterocycles. The van der Waals surface area contributed by atoms with Gasteiger partial charge in [-0.3, -0.25) is 4.79 Å². The van der Waals surface area contributed by atoms with E-state index in [0.29, 0.717) is 23.0 Å². The van der Waals surface area contributed by atoms with Crippen LogP contribution in [0.2, 0.25) is 0 Å². The number of aromatic amines is 1. The highest BCUT2D eigenvalue weighted by molar-refractivity contribution is 6.32. The zero-order valence-corrected chi connectivity index (χ0v) is 17.9. The number of rotatable bonds is 7. The molecule has 2 aliphatic heterocycles. The third-order valence-corrected chi connectivity index (χ3v) is 5.82. The van der Waals surface area contributed by atoms with Gasteiger partial charge in [-0.2, -0.15) is 10.2 Å². The number of aromatic nitrogens is 4. The number of nitrogens with zero attached hydrogens (tertiary/aromatic N) is 5. The number of carbonyl (C=O) groups excluding carboxylic acids is 1. The van der Waals surface area contributed by atoms with E-state index in [1.54, 1.807) is 6.20 Å². The lowest BCUT2D eigenvalue weighted by molar-refractivity contribution is -0.116. The quantitative estimate of drug-likeness (QED) is 0.687. The van der Waals surface area contributed by atoms with Gasteiger partial charge in [0.15, 0.2) is 0 Å². The van der Waals surface area contributed by atoms with Crippen LogP contribution in [-0.4, -0.2) is 56.3 Å². The zero-order valence-electron chi connectivity index (χ0n) is 17.9. The van der Waals surface area contributed by atoms with Crippen LogP contribution >= 0.6 is 0 Å². The summed E-state index contributed by atoms with van der Waals surface area (Å²) in [5.74, 6) is 0.417. The minimum absolute atomic E-state index is 0.255. The molecule has 8 nitrogen and oxygen atoms in total. The van der Waals surface area contributed by atoms with Gasteiger partial charge in [0.2, 0.25) is 5.82 Å². The molecule has 0 aromatic carbocycles. The number of nitrogens with one attached hydrogen (secondary N) is 2. The minimum atomic E-state index is -0.255. The zero-order chi connectivity index (χ0) is 21.1. The maximum atomic E-state index is 12.5. The van der Waals surface area contributed by atoms with Crippen LogP contribution in [0.3, 0.4) is 0 Å². The molecular formula is C22H29N7O. The van der Waals surface area contributed by atoms with E-state index in [-0.39, 0.29) is 5.91 Å². The maximum absolute atomic E-state index is 12.5. The van der Waals surface area contributed by atoms with Crippen molar-refractivity contribution < 1.29 is 4.79 Å². The molecule has 0 unspecified atom stereocenters. The van der Waals surface area contributed by atoms with Gasteiger partial charge >= 0.3 is 0 Å². The van der Waals surface area contributed by atoms with Crippen LogP contribution in [0.5, 0.6) is 0 Å². The molecular weight excluding hydrogens is 378 g/mol. The van der Waals surface area contributed by atoms with Crippen molar-refractivity contribution in [2.24, 2.45) is 5.10 Å². The summed E-state index contributed by atoms with van der Waals surface area (Å²) in [7, 11) is 0. The number of hydrogen-bond donors (Lipinski definition) is 2. The second-order valence-corrected chi connectivity index (χ2v) is 8.29. The highest BCUT2D eigenvalue weighted by Crippen LogP contribution is 2.30. The molecule has 0 atom stereocenters. The first-order chi connectivity index (χ1) is 14.5. The summed E-state index contributed by atoms with van der Waals surface area (Å²) in [5.41, 5.74) is 8.17. The number of H-pyrrole nitrogens is 1. The molecule has 0 spiro atoms. The Morgan fingerprint density at radius 1 is 1.23 bits per heavy atom. The van der Waals surface area contributed by atoms with Crippen molar-refractivity contribution in [2.45, 2.75) is 52.4 Å². The van der Waals surface area contributed by atoms with Gasteiger partial charge in [-0.05, 0) is 75.4 Å². The van der Waals surface area contributed by atoms with Crippen molar-refractivity contribution in [3.8, 4) is 0 Å². The smallest absolute Gasteiger partial charge is 0.273 e. The summed E-state index contributed by atoms with van der Waals surface area (Å²) in [5, 5.41) is 12.0. The Morgan fingerprint density at radius 2 is 2.03 bits per heavy atom. The minimum Gasteiger partial charge on any atom is -0.359 e. The van der Waals surface area contributed by atoms with Gasteiger partial charge in [0, 0.05) is 17.6 Å². The van der Waals surface area contributed by atoms with Gasteiger partial charge in [0.1, 0.15) is 5.71 Å². The first kappa shape index (κ1) is 20.4. The number of hydrogen-bond acceptors (Lipinski definition) is 6. The van der Waals surface area contributed by atoms with E-state index >= 15 is 0 Å². The van der Waals surface area contributed by atoms with Crippen LogP contribution in [-0.2, 0) is 11.2 Å². The largest absolute Gasteiger partial charge is 0.359 e. The van der Waals surface area contributed by atoms with Gasteiger partial charge < -0.3 is 9.88 Å². The molecule has 4 heterocycles. The second kappa shape index (κ2) is 8.87. The van der Waals surface area contributed by atoms with Crippen molar-refractivity contribution in [1.82, 2.24) is 30.5 Å². The van der Waals surface area contributed by atoms with Crippen molar-refractivity contribution in [3.63, 3.8) is 0 Å². The lowest BCUT2D eigenvalue weighted by atomic mass is 9.93. The molecule has 0 aliphatic carbocycles. The van der Waals surface area contributed by atoms with Gasteiger partial charge in [0.05, 0.1) is 11.8 Å². The second-order valence-electron chi connectivity index (χ2n) is 8.29. The van der Waals surface area contributed by atoms with Crippen molar-refractivity contribution in [1.29, 1.82) is 0 Å². The fourth-order valence-corrected chi connectivity index (χ4v) is 4.43. The van der Waals surface area contributed by atoms with Gasteiger partial charge in [-0.15, -0.1) is 5.10 Å². The molecule has 2 aliphatic rings. The summed E-state index contributed by atoms with van der Waals surface area (Å²) in [6.45, 7) is 10.1. The molecule has 2 N–H and O–H groups in total. The SMILES string of the molecule is Cc1[nH]c(/C=C2/C(=O)NN=C2c2nccnn2)c(C(C)C)c1CCCN1CCCC1. The predicted octanol–water partition coefficient (Wildman–Crippen LogP) is 2.58. The topological polar surface area (TPSA) is 99.2 Å². The molecule has 8 heteroatoms. The Bertz CT molecular complexity index is 969. The highest BCUT2D eigenvalue weighted by Gasteiger charge is 2.28. The summed E-state index contributed by atoms with van der Waals surface area (Å²) >= 11 is 0. The normalized spacial score (nSPS) is 18.5. The summed E-state index contributed by atoms with van der Waals surface area (Å²) < 4.78 is 0. The van der Waals surface area contributed by atoms with Crippen molar-refractivity contribution in [3.05, 3.63) is 46.3 Å². The molecule has 1 fully saturated rings. The first-order valence-electron chi connectivity index (χ1n) is 10.7.